The fraction of sp³-hybridized carbons (Fsp3) is 0.333. The lowest BCUT2D eigenvalue weighted by atomic mass is 10.2. The van der Waals surface area contributed by atoms with E-state index in [0.717, 1.165) is 0 Å². The lowest BCUT2D eigenvalue weighted by Gasteiger charge is -2.12. The first-order chi connectivity index (χ1) is 8.99. The molecule has 1 atom stereocenters. The van der Waals surface area contributed by atoms with Crippen molar-refractivity contribution in [3.63, 3.8) is 0 Å². The van der Waals surface area contributed by atoms with Gasteiger partial charge in [0.25, 0.3) is 0 Å². The average Bonchev–Trinajstić information content (AvgIpc) is 2.43. The molecule has 0 radical (unpaired) electrons. The smallest absolute Gasteiger partial charge is 0.330 e. The molecule has 1 amide bonds. The summed E-state index contributed by atoms with van der Waals surface area (Å²) in [6.07, 6.45) is 0. The first-order valence-corrected chi connectivity index (χ1v) is 5.46. The lowest BCUT2D eigenvalue weighted by molar-refractivity contribution is -0.142. The van der Waals surface area contributed by atoms with Gasteiger partial charge in [0.05, 0.1) is 14.2 Å². The second-order valence-corrected chi connectivity index (χ2v) is 3.71. The predicted molar refractivity (Wildman–Crippen MR) is 67.0 cm³/mol. The number of methoxy groups -OCH3 is 2. The summed E-state index contributed by atoms with van der Waals surface area (Å²) in [6, 6.07) is 3.51. The highest BCUT2D eigenvalue weighted by atomic mass is 16.5. The van der Waals surface area contributed by atoms with Gasteiger partial charge >= 0.3 is 5.97 Å². The van der Waals surface area contributed by atoms with Gasteiger partial charge in [0.15, 0.2) is 6.04 Å². The van der Waals surface area contributed by atoms with E-state index in [0.29, 0.717) is 17.1 Å². The molecule has 0 saturated heterocycles. The van der Waals surface area contributed by atoms with Crippen LogP contribution in [0.2, 0.25) is 0 Å². The summed E-state index contributed by atoms with van der Waals surface area (Å²) in [5.74, 6) is -0.984. The molecule has 0 saturated carbocycles. The Hall–Kier alpha value is -2.28. The highest BCUT2D eigenvalue weighted by Crippen LogP contribution is 2.24. The molecule has 0 fully saturated rings. The number of ether oxygens (including phenoxy) is 2. The summed E-state index contributed by atoms with van der Waals surface area (Å²) in [5.41, 5.74) is 5.87. The molecule has 0 bridgehead atoms. The van der Waals surface area contributed by atoms with Crippen molar-refractivity contribution in [3.05, 3.63) is 23.8 Å². The third-order valence-corrected chi connectivity index (χ3v) is 2.50. The number of nitrogens with two attached hydrogens (primary N) is 1. The molecule has 19 heavy (non-hydrogen) atoms. The summed E-state index contributed by atoms with van der Waals surface area (Å²) >= 11 is 0. The summed E-state index contributed by atoms with van der Waals surface area (Å²) in [5, 5.41) is 11.0. The van der Waals surface area contributed by atoms with Gasteiger partial charge in [0.2, 0.25) is 5.91 Å². The minimum absolute atomic E-state index is 0.118. The Morgan fingerprint density at radius 1 is 1.37 bits per heavy atom. The van der Waals surface area contributed by atoms with E-state index in [4.69, 9.17) is 20.3 Å². The molecule has 0 spiro atoms. The molecular weight excluding hydrogens is 252 g/mol. The normalized spacial score (nSPS) is 11.5. The molecule has 1 unspecified atom stereocenters. The van der Waals surface area contributed by atoms with E-state index in [1.54, 1.807) is 18.2 Å². The maximum Gasteiger partial charge on any atom is 0.330 e. The second-order valence-electron chi connectivity index (χ2n) is 3.71. The van der Waals surface area contributed by atoms with Gasteiger partial charge in [0, 0.05) is 18.2 Å². The zero-order valence-corrected chi connectivity index (χ0v) is 10.7. The number of hydrogen-bond acceptors (Lipinski definition) is 5. The van der Waals surface area contributed by atoms with Crippen LogP contribution in [-0.4, -0.2) is 37.2 Å². The van der Waals surface area contributed by atoms with Crippen LogP contribution in [0.5, 0.6) is 11.5 Å². The second kappa shape index (κ2) is 6.60. The van der Waals surface area contributed by atoms with Crippen LogP contribution in [0.3, 0.4) is 0 Å². The number of rotatable bonds is 6. The van der Waals surface area contributed by atoms with Crippen LogP contribution in [0.15, 0.2) is 18.2 Å². The summed E-state index contributed by atoms with van der Waals surface area (Å²) < 4.78 is 10.2. The molecule has 0 heterocycles. The number of amides is 1. The number of benzene rings is 1. The Bertz CT molecular complexity index is 475. The molecule has 1 rings (SSSR count). The standard InChI is InChI=1S/C12H16N2O5/c1-18-8-4-3-7(9(5-8)19-2)6-14-11(15)10(13)12(16)17/h3-5,10H,6,13H2,1-2H3,(H,14,15)(H,16,17). The zero-order valence-electron chi connectivity index (χ0n) is 10.7. The minimum atomic E-state index is -1.58. The SMILES string of the molecule is COc1ccc(CNC(=O)C(N)C(=O)O)c(OC)c1. The number of carbonyl (C=O) groups excluding carboxylic acids is 1. The first-order valence-electron chi connectivity index (χ1n) is 5.46. The lowest BCUT2D eigenvalue weighted by Crippen LogP contribution is -2.45. The van der Waals surface area contributed by atoms with Crippen LogP contribution in [0.4, 0.5) is 0 Å². The van der Waals surface area contributed by atoms with Gasteiger partial charge in [0.1, 0.15) is 11.5 Å². The van der Waals surface area contributed by atoms with Crippen LogP contribution in [0.25, 0.3) is 0 Å². The van der Waals surface area contributed by atoms with Gasteiger partial charge in [-0.3, -0.25) is 4.79 Å². The summed E-state index contributed by atoms with van der Waals surface area (Å²) in [4.78, 5) is 21.9. The zero-order chi connectivity index (χ0) is 14.4. The maximum atomic E-state index is 11.4. The van der Waals surface area contributed by atoms with Crippen molar-refractivity contribution < 1.29 is 24.2 Å². The Morgan fingerprint density at radius 3 is 2.58 bits per heavy atom. The van der Waals surface area contributed by atoms with Gasteiger partial charge in [-0.2, -0.15) is 0 Å². The molecule has 4 N–H and O–H groups in total. The van der Waals surface area contributed by atoms with Crippen LogP contribution >= 0.6 is 0 Å². The van der Waals surface area contributed by atoms with Crippen LogP contribution in [0.1, 0.15) is 5.56 Å². The first kappa shape index (κ1) is 14.8. The Morgan fingerprint density at radius 2 is 2.05 bits per heavy atom. The number of carboxylic acids is 1. The number of hydrogen-bond donors (Lipinski definition) is 3. The quantitative estimate of drug-likeness (QED) is 0.612. The number of carboxylic acid groups (broad SMARTS) is 1. The van der Waals surface area contributed by atoms with Crippen molar-refractivity contribution in [2.45, 2.75) is 12.6 Å². The maximum absolute atomic E-state index is 11.4. The van der Waals surface area contributed by atoms with Crippen molar-refractivity contribution in [2.24, 2.45) is 5.73 Å². The molecule has 0 aliphatic heterocycles. The van der Waals surface area contributed by atoms with E-state index in [-0.39, 0.29) is 6.54 Å². The topological polar surface area (TPSA) is 111 Å². The fourth-order valence-electron chi connectivity index (χ4n) is 1.40. The van der Waals surface area contributed by atoms with Crippen molar-refractivity contribution in [2.75, 3.05) is 14.2 Å². The van der Waals surface area contributed by atoms with Crippen molar-refractivity contribution in [1.29, 1.82) is 0 Å². The van der Waals surface area contributed by atoms with Gasteiger partial charge < -0.3 is 25.6 Å². The molecule has 0 aliphatic rings. The Kier molecular flexibility index (Phi) is 5.13. The van der Waals surface area contributed by atoms with Crippen LogP contribution < -0.4 is 20.5 Å². The fourth-order valence-corrected chi connectivity index (χ4v) is 1.40. The third kappa shape index (κ3) is 3.85. The molecule has 1 aromatic rings. The van der Waals surface area contributed by atoms with Gasteiger partial charge in [-0.15, -0.1) is 0 Å². The monoisotopic (exact) mass is 268 g/mol. The number of carbonyl (C=O) groups is 2. The van der Waals surface area contributed by atoms with E-state index in [1.165, 1.54) is 14.2 Å². The van der Waals surface area contributed by atoms with E-state index < -0.39 is 17.9 Å². The van der Waals surface area contributed by atoms with E-state index in [9.17, 15) is 9.59 Å². The summed E-state index contributed by atoms with van der Waals surface area (Å²) in [7, 11) is 3.02. The van der Waals surface area contributed by atoms with Crippen molar-refractivity contribution in [3.8, 4) is 11.5 Å². The van der Waals surface area contributed by atoms with Crippen molar-refractivity contribution in [1.82, 2.24) is 5.32 Å². The van der Waals surface area contributed by atoms with Gasteiger partial charge in [-0.1, -0.05) is 0 Å². The molecule has 7 nitrogen and oxygen atoms in total. The summed E-state index contributed by atoms with van der Waals surface area (Å²) in [6.45, 7) is 0.118. The Balaban J connectivity index is 2.72. The van der Waals surface area contributed by atoms with Crippen molar-refractivity contribution >= 4 is 11.9 Å². The van der Waals surface area contributed by atoms with Gasteiger partial charge in [-0.25, -0.2) is 4.79 Å². The van der Waals surface area contributed by atoms with E-state index in [1.807, 2.05) is 0 Å². The van der Waals surface area contributed by atoms with Crippen LogP contribution in [0, 0.1) is 0 Å². The molecule has 1 aromatic carbocycles. The average molecular weight is 268 g/mol. The molecule has 104 valence electrons. The highest BCUT2D eigenvalue weighted by Gasteiger charge is 2.20. The van der Waals surface area contributed by atoms with Gasteiger partial charge in [-0.05, 0) is 12.1 Å². The Labute approximate surface area is 110 Å². The number of aliphatic carboxylic acids is 1. The number of nitrogens with one attached hydrogen (secondary N) is 1. The molecule has 7 heteroatoms. The largest absolute Gasteiger partial charge is 0.497 e. The predicted octanol–water partition coefficient (Wildman–Crippen LogP) is -0.268. The molecule has 0 aromatic heterocycles. The van der Waals surface area contributed by atoms with E-state index >= 15 is 0 Å². The minimum Gasteiger partial charge on any atom is -0.497 e. The highest BCUT2D eigenvalue weighted by molar-refractivity contribution is 6.00. The third-order valence-electron chi connectivity index (χ3n) is 2.50. The molecule has 0 aliphatic carbocycles. The van der Waals surface area contributed by atoms with E-state index in [2.05, 4.69) is 5.32 Å². The van der Waals surface area contributed by atoms with Crippen LogP contribution in [-0.2, 0) is 16.1 Å². The molecular formula is C12H16N2O5.